The first-order valence-electron chi connectivity index (χ1n) is 8.46. The average molecular weight is 282 g/mol. The minimum atomic E-state index is 0.342. The molecule has 1 saturated heterocycles. The van der Waals surface area contributed by atoms with E-state index in [2.05, 4.69) is 37.9 Å². The van der Waals surface area contributed by atoms with Crippen molar-refractivity contribution in [3.63, 3.8) is 0 Å². The van der Waals surface area contributed by atoms with Crippen molar-refractivity contribution in [2.75, 3.05) is 26.8 Å². The van der Waals surface area contributed by atoms with E-state index in [1.165, 1.54) is 25.8 Å². The Morgan fingerprint density at radius 2 is 2.00 bits per heavy atom. The van der Waals surface area contributed by atoms with Gasteiger partial charge in [-0.25, -0.2) is 0 Å². The number of piperazine rings is 1. The number of ether oxygens (including phenoxy) is 1. The van der Waals surface area contributed by atoms with E-state index in [0.29, 0.717) is 17.6 Å². The van der Waals surface area contributed by atoms with Crippen LogP contribution in [-0.4, -0.2) is 49.3 Å². The van der Waals surface area contributed by atoms with E-state index in [0.717, 1.165) is 31.4 Å². The molecule has 0 aromatic rings. The van der Waals surface area contributed by atoms with Gasteiger partial charge < -0.3 is 10.1 Å². The van der Waals surface area contributed by atoms with Crippen molar-refractivity contribution in [1.82, 2.24) is 10.2 Å². The van der Waals surface area contributed by atoms with Gasteiger partial charge in [-0.3, -0.25) is 4.90 Å². The van der Waals surface area contributed by atoms with Crippen LogP contribution in [0.3, 0.4) is 0 Å². The fourth-order valence-corrected chi connectivity index (χ4v) is 3.76. The molecule has 0 radical (unpaired) electrons. The van der Waals surface area contributed by atoms with E-state index in [1.54, 1.807) is 0 Å². The summed E-state index contributed by atoms with van der Waals surface area (Å²) in [6.07, 6.45) is 5.27. The molecule has 3 atom stereocenters. The molecule has 1 aliphatic heterocycles. The molecule has 0 aromatic carbocycles. The van der Waals surface area contributed by atoms with Gasteiger partial charge in [-0.1, -0.05) is 13.8 Å². The normalized spacial score (nSPS) is 33.6. The second kappa shape index (κ2) is 6.76. The highest BCUT2D eigenvalue weighted by atomic mass is 16.5. The molecular formula is C17H34N2O. The van der Waals surface area contributed by atoms with Crippen LogP contribution < -0.4 is 5.32 Å². The Morgan fingerprint density at radius 1 is 1.30 bits per heavy atom. The van der Waals surface area contributed by atoms with Crippen LogP contribution in [-0.2, 0) is 4.74 Å². The minimum Gasteiger partial charge on any atom is -0.385 e. The standard InChI is InChI=1S/C17H34N2O/c1-13(2)10-16-11-18-17(4,15-6-7-15)12-19(16)14(3)8-9-20-5/h13-16,18H,6-12H2,1-5H3. The Bertz CT molecular complexity index is 303. The number of nitrogens with zero attached hydrogens (tertiary/aromatic N) is 1. The zero-order valence-corrected chi connectivity index (χ0v) is 14.1. The summed E-state index contributed by atoms with van der Waals surface area (Å²) in [5, 5.41) is 3.88. The molecule has 1 N–H and O–H groups in total. The summed E-state index contributed by atoms with van der Waals surface area (Å²) in [5.74, 6) is 1.67. The molecule has 0 bridgehead atoms. The largest absolute Gasteiger partial charge is 0.385 e. The monoisotopic (exact) mass is 282 g/mol. The van der Waals surface area contributed by atoms with Crippen molar-refractivity contribution in [3.05, 3.63) is 0 Å². The number of hydrogen-bond donors (Lipinski definition) is 1. The van der Waals surface area contributed by atoms with Gasteiger partial charge in [0.05, 0.1) is 0 Å². The molecule has 3 heteroatoms. The zero-order chi connectivity index (χ0) is 14.8. The van der Waals surface area contributed by atoms with Crippen molar-refractivity contribution in [2.24, 2.45) is 11.8 Å². The van der Waals surface area contributed by atoms with Crippen LogP contribution in [0, 0.1) is 11.8 Å². The molecule has 1 saturated carbocycles. The predicted octanol–water partition coefficient (Wildman–Crippen LogP) is 2.90. The smallest absolute Gasteiger partial charge is 0.0477 e. The molecule has 1 heterocycles. The average Bonchev–Trinajstić information content (AvgIpc) is 3.22. The van der Waals surface area contributed by atoms with Crippen LogP contribution in [0.25, 0.3) is 0 Å². The van der Waals surface area contributed by atoms with Crippen LogP contribution >= 0.6 is 0 Å². The quantitative estimate of drug-likeness (QED) is 0.777. The highest BCUT2D eigenvalue weighted by Crippen LogP contribution is 2.42. The Hall–Kier alpha value is -0.120. The fraction of sp³-hybridized carbons (Fsp3) is 1.00. The van der Waals surface area contributed by atoms with Crippen LogP contribution in [0.1, 0.15) is 53.4 Å². The minimum absolute atomic E-state index is 0.342. The van der Waals surface area contributed by atoms with Gasteiger partial charge in [0.1, 0.15) is 0 Å². The van der Waals surface area contributed by atoms with Gasteiger partial charge in [0.25, 0.3) is 0 Å². The fourth-order valence-electron chi connectivity index (χ4n) is 3.76. The molecular weight excluding hydrogens is 248 g/mol. The number of methoxy groups -OCH3 is 1. The summed E-state index contributed by atoms with van der Waals surface area (Å²) in [6, 6.07) is 1.31. The van der Waals surface area contributed by atoms with E-state index in [-0.39, 0.29) is 0 Å². The van der Waals surface area contributed by atoms with E-state index in [4.69, 9.17) is 4.74 Å². The summed E-state index contributed by atoms with van der Waals surface area (Å²) in [4.78, 5) is 2.77. The van der Waals surface area contributed by atoms with Crippen LogP contribution in [0.2, 0.25) is 0 Å². The highest BCUT2D eigenvalue weighted by Gasteiger charge is 2.46. The number of rotatable bonds is 7. The van der Waals surface area contributed by atoms with Gasteiger partial charge in [0.15, 0.2) is 0 Å². The number of hydrogen-bond acceptors (Lipinski definition) is 3. The lowest BCUT2D eigenvalue weighted by Crippen LogP contribution is -2.65. The number of nitrogens with one attached hydrogen (secondary N) is 1. The Labute approximate surface area is 125 Å². The van der Waals surface area contributed by atoms with Crippen molar-refractivity contribution in [1.29, 1.82) is 0 Å². The molecule has 2 fully saturated rings. The summed E-state index contributed by atoms with van der Waals surface area (Å²) in [6.45, 7) is 12.7. The molecule has 0 amide bonds. The third-order valence-electron chi connectivity index (χ3n) is 5.25. The first-order chi connectivity index (χ1) is 9.46. The first-order valence-corrected chi connectivity index (χ1v) is 8.46. The molecule has 118 valence electrons. The SMILES string of the molecule is COCCC(C)N1CC(C)(C2CC2)NCC1CC(C)C. The third kappa shape index (κ3) is 3.96. The molecule has 3 unspecified atom stereocenters. The molecule has 3 nitrogen and oxygen atoms in total. The van der Waals surface area contributed by atoms with Gasteiger partial charge in [-0.15, -0.1) is 0 Å². The molecule has 0 spiro atoms. The van der Waals surface area contributed by atoms with E-state index in [1.807, 2.05) is 7.11 Å². The lowest BCUT2D eigenvalue weighted by Gasteiger charge is -2.49. The molecule has 1 aliphatic carbocycles. The molecule has 0 aromatic heterocycles. The van der Waals surface area contributed by atoms with E-state index < -0.39 is 0 Å². The van der Waals surface area contributed by atoms with Crippen molar-refractivity contribution < 1.29 is 4.74 Å². The van der Waals surface area contributed by atoms with Gasteiger partial charge >= 0.3 is 0 Å². The van der Waals surface area contributed by atoms with Crippen molar-refractivity contribution >= 4 is 0 Å². The maximum absolute atomic E-state index is 5.29. The summed E-state index contributed by atoms with van der Waals surface area (Å²) in [5.41, 5.74) is 0.342. The Balaban J connectivity index is 2.01. The maximum Gasteiger partial charge on any atom is 0.0477 e. The zero-order valence-electron chi connectivity index (χ0n) is 14.1. The second-order valence-electron chi connectivity index (χ2n) is 7.66. The van der Waals surface area contributed by atoms with Gasteiger partial charge in [-0.05, 0) is 51.4 Å². The highest BCUT2D eigenvalue weighted by molar-refractivity contribution is 5.04. The van der Waals surface area contributed by atoms with Crippen molar-refractivity contribution in [2.45, 2.75) is 71.0 Å². The summed E-state index contributed by atoms with van der Waals surface area (Å²) in [7, 11) is 1.81. The molecule has 20 heavy (non-hydrogen) atoms. The van der Waals surface area contributed by atoms with Crippen LogP contribution in [0.15, 0.2) is 0 Å². The molecule has 2 rings (SSSR count). The summed E-state index contributed by atoms with van der Waals surface area (Å²) < 4.78 is 5.29. The maximum atomic E-state index is 5.29. The Kier molecular flexibility index (Phi) is 5.49. The van der Waals surface area contributed by atoms with Crippen LogP contribution in [0.4, 0.5) is 0 Å². The summed E-state index contributed by atoms with van der Waals surface area (Å²) >= 11 is 0. The second-order valence-corrected chi connectivity index (χ2v) is 7.66. The first kappa shape index (κ1) is 16.3. The topological polar surface area (TPSA) is 24.5 Å². The van der Waals surface area contributed by atoms with Crippen LogP contribution in [0.5, 0.6) is 0 Å². The molecule has 2 aliphatic rings. The van der Waals surface area contributed by atoms with Gasteiger partial charge in [-0.2, -0.15) is 0 Å². The van der Waals surface area contributed by atoms with Gasteiger partial charge in [0, 0.05) is 44.4 Å². The van der Waals surface area contributed by atoms with Crippen molar-refractivity contribution in [3.8, 4) is 0 Å². The van der Waals surface area contributed by atoms with Gasteiger partial charge in [0.2, 0.25) is 0 Å². The predicted molar refractivity (Wildman–Crippen MR) is 85.0 cm³/mol. The lowest BCUT2D eigenvalue weighted by atomic mass is 9.87. The third-order valence-corrected chi connectivity index (χ3v) is 5.25. The van der Waals surface area contributed by atoms with E-state index in [9.17, 15) is 0 Å². The lowest BCUT2D eigenvalue weighted by molar-refractivity contribution is 0.0238. The Morgan fingerprint density at radius 3 is 2.55 bits per heavy atom. The van der Waals surface area contributed by atoms with E-state index >= 15 is 0 Å².